The fourth-order valence-electron chi connectivity index (χ4n) is 3.21. The van der Waals surface area contributed by atoms with E-state index in [-0.39, 0.29) is 0 Å². The molecule has 0 saturated carbocycles. The highest BCUT2D eigenvalue weighted by molar-refractivity contribution is 5.80. The van der Waals surface area contributed by atoms with Gasteiger partial charge < -0.3 is 14.8 Å². The van der Waals surface area contributed by atoms with Gasteiger partial charge in [-0.05, 0) is 37.2 Å². The SMILES string of the molecule is Cn1c(-c2ccnc(N3CCCNCC3)c2)nc2ccccc21. The van der Waals surface area contributed by atoms with Crippen LogP contribution in [0.15, 0.2) is 42.6 Å². The summed E-state index contributed by atoms with van der Waals surface area (Å²) in [5.74, 6) is 2.03. The summed E-state index contributed by atoms with van der Waals surface area (Å²) in [4.78, 5) is 11.7. The number of benzene rings is 1. The van der Waals surface area contributed by atoms with Crippen molar-refractivity contribution in [3.05, 3.63) is 42.6 Å². The van der Waals surface area contributed by atoms with Gasteiger partial charge in [0.2, 0.25) is 0 Å². The number of imidazole rings is 1. The zero-order valence-corrected chi connectivity index (χ0v) is 13.4. The summed E-state index contributed by atoms with van der Waals surface area (Å²) in [5, 5.41) is 3.43. The molecule has 1 fully saturated rings. The highest BCUT2D eigenvalue weighted by atomic mass is 15.2. The van der Waals surface area contributed by atoms with Crippen molar-refractivity contribution >= 4 is 16.9 Å². The minimum absolute atomic E-state index is 0.989. The zero-order valence-electron chi connectivity index (χ0n) is 13.4. The summed E-state index contributed by atoms with van der Waals surface area (Å²) in [6, 6.07) is 12.4. The molecule has 0 unspecified atom stereocenters. The van der Waals surface area contributed by atoms with Crippen LogP contribution in [0.3, 0.4) is 0 Å². The van der Waals surface area contributed by atoms with E-state index in [1.54, 1.807) is 0 Å². The number of para-hydroxylation sites is 2. The second kappa shape index (κ2) is 6.01. The standard InChI is InChI=1S/C18H21N5/c1-22-16-6-3-2-5-15(16)21-18(22)14-7-9-20-17(13-14)23-11-4-8-19-10-12-23/h2-3,5-7,9,13,19H,4,8,10-12H2,1H3. The van der Waals surface area contributed by atoms with Gasteiger partial charge in [-0.3, -0.25) is 0 Å². The molecule has 0 atom stereocenters. The lowest BCUT2D eigenvalue weighted by Crippen LogP contribution is -2.28. The van der Waals surface area contributed by atoms with Gasteiger partial charge in [-0.25, -0.2) is 9.97 Å². The number of aryl methyl sites for hydroxylation is 1. The van der Waals surface area contributed by atoms with Crippen molar-refractivity contribution in [3.8, 4) is 11.4 Å². The van der Waals surface area contributed by atoms with Crippen molar-refractivity contribution in [1.82, 2.24) is 19.9 Å². The van der Waals surface area contributed by atoms with Gasteiger partial charge in [-0.2, -0.15) is 0 Å². The van der Waals surface area contributed by atoms with Crippen LogP contribution in [-0.4, -0.2) is 40.7 Å². The Kier molecular flexibility index (Phi) is 3.71. The highest BCUT2D eigenvalue weighted by Crippen LogP contribution is 2.25. The Morgan fingerprint density at radius 3 is 2.91 bits per heavy atom. The summed E-state index contributed by atoms with van der Waals surface area (Å²) < 4.78 is 2.15. The Hall–Kier alpha value is -2.40. The third kappa shape index (κ3) is 2.68. The monoisotopic (exact) mass is 307 g/mol. The molecule has 5 nitrogen and oxygen atoms in total. The number of anilines is 1. The topological polar surface area (TPSA) is 46.0 Å². The van der Waals surface area contributed by atoms with E-state index in [1.807, 2.05) is 18.3 Å². The Morgan fingerprint density at radius 2 is 2.00 bits per heavy atom. The lowest BCUT2D eigenvalue weighted by molar-refractivity contribution is 0.724. The first-order valence-corrected chi connectivity index (χ1v) is 8.16. The lowest BCUT2D eigenvalue weighted by Gasteiger charge is -2.21. The maximum Gasteiger partial charge on any atom is 0.141 e. The first-order valence-electron chi connectivity index (χ1n) is 8.16. The molecule has 0 amide bonds. The molecular weight excluding hydrogens is 286 g/mol. The van der Waals surface area contributed by atoms with Gasteiger partial charge in [0, 0.05) is 38.4 Å². The molecule has 1 saturated heterocycles. The van der Waals surface area contributed by atoms with Gasteiger partial charge in [0.05, 0.1) is 11.0 Å². The molecule has 118 valence electrons. The number of hydrogen-bond acceptors (Lipinski definition) is 4. The fourth-order valence-corrected chi connectivity index (χ4v) is 3.21. The maximum absolute atomic E-state index is 4.79. The summed E-state index contributed by atoms with van der Waals surface area (Å²) in [5.41, 5.74) is 3.30. The predicted octanol–water partition coefficient (Wildman–Crippen LogP) is 2.43. The average Bonchev–Trinajstić information content (AvgIpc) is 2.78. The zero-order chi connectivity index (χ0) is 15.6. The summed E-state index contributed by atoms with van der Waals surface area (Å²) in [6.07, 6.45) is 3.04. The minimum Gasteiger partial charge on any atom is -0.355 e. The molecule has 3 aromatic rings. The number of pyridine rings is 1. The van der Waals surface area contributed by atoms with E-state index < -0.39 is 0 Å². The Bertz CT molecular complexity index is 815. The van der Waals surface area contributed by atoms with E-state index in [2.05, 4.69) is 51.1 Å². The van der Waals surface area contributed by atoms with Gasteiger partial charge in [0.25, 0.3) is 0 Å². The normalized spacial score (nSPS) is 15.8. The van der Waals surface area contributed by atoms with Gasteiger partial charge in [0.1, 0.15) is 11.6 Å². The van der Waals surface area contributed by atoms with Crippen LogP contribution in [0.4, 0.5) is 5.82 Å². The van der Waals surface area contributed by atoms with E-state index in [9.17, 15) is 0 Å². The number of hydrogen-bond donors (Lipinski definition) is 1. The van der Waals surface area contributed by atoms with E-state index in [0.717, 1.165) is 60.8 Å². The molecule has 0 bridgehead atoms. The molecular formula is C18H21N5. The van der Waals surface area contributed by atoms with E-state index >= 15 is 0 Å². The summed E-state index contributed by atoms with van der Waals surface area (Å²) in [6.45, 7) is 4.14. The Labute approximate surface area is 136 Å². The first-order chi connectivity index (χ1) is 11.3. The van der Waals surface area contributed by atoms with Gasteiger partial charge in [0.15, 0.2) is 0 Å². The van der Waals surface area contributed by atoms with Crippen LogP contribution in [0, 0.1) is 0 Å². The van der Waals surface area contributed by atoms with Crippen LogP contribution >= 0.6 is 0 Å². The van der Waals surface area contributed by atoms with Crippen LogP contribution in [0.2, 0.25) is 0 Å². The number of rotatable bonds is 2. The van der Waals surface area contributed by atoms with Gasteiger partial charge in [-0.15, -0.1) is 0 Å². The number of aromatic nitrogens is 3. The lowest BCUT2D eigenvalue weighted by atomic mass is 10.2. The number of nitrogens with one attached hydrogen (secondary N) is 1. The molecule has 2 aromatic heterocycles. The van der Waals surface area contributed by atoms with Crippen molar-refractivity contribution in [2.75, 3.05) is 31.1 Å². The second-order valence-electron chi connectivity index (χ2n) is 5.98. The van der Waals surface area contributed by atoms with Crippen molar-refractivity contribution in [3.63, 3.8) is 0 Å². The number of nitrogens with zero attached hydrogens (tertiary/aromatic N) is 4. The van der Waals surface area contributed by atoms with E-state index in [0.29, 0.717) is 0 Å². The third-order valence-corrected chi connectivity index (χ3v) is 4.45. The quantitative estimate of drug-likeness (QED) is 0.790. The molecule has 0 aliphatic carbocycles. The predicted molar refractivity (Wildman–Crippen MR) is 93.6 cm³/mol. The molecule has 1 aliphatic rings. The van der Waals surface area contributed by atoms with Gasteiger partial charge in [-0.1, -0.05) is 12.1 Å². The number of fused-ring (bicyclic) bond motifs is 1. The van der Waals surface area contributed by atoms with Crippen LogP contribution in [0.1, 0.15) is 6.42 Å². The van der Waals surface area contributed by atoms with Crippen molar-refractivity contribution in [1.29, 1.82) is 0 Å². The molecule has 1 N–H and O–H groups in total. The minimum atomic E-state index is 0.989. The van der Waals surface area contributed by atoms with Crippen LogP contribution in [-0.2, 0) is 7.05 Å². The van der Waals surface area contributed by atoms with E-state index in [4.69, 9.17) is 4.98 Å². The van der Waals surface area contributed by atoms with Crippen LogP contribution < -0.4 is 10.2 Å². The molecule has 1 aromatic carbocycles. The second-order valence-corrected chi connectivity index (χ2v) is 5.98. The molecule has 3 heterocycles. The smallest absolute Gasteiger partial charge is 0.141 e. The molecule has 5 heteroatoms. The molecule has 0 radical (unpaired) electrons. The summed E-state index contributed by atoms with van der Waals surface area (Å²) >= 11 is 0. The highest BCUT2D eigenvalue weighted by Gasteiger charge is 2.14. The Morgan fingerprint density at radius 1 is 1.09 bits per heavy atom. The van der Waals surface area contributed by atoms with Crippen LogP contribution in [0.25, 0.3) is 22.4 Å². The Balaban J connectivity index is 1.73. The first kappa shape index (κ1) is 14.2. The molecule has 4 rings (SSSR count). The molecule has 1 aliphatic heterocycles. The van der Waals surface area contributed by atoms with Crippen molar-refractivity contribution in [2.24, 2.45) is 7.05 Å². The molecule has 23 heavy (non-hydrogen) atoms. The summed E-state index contributed by atoms with van der Waals surface area (Å²) in [7, 11) is 2.07. The van der Waals surface area contributed by atoms with Crippen molar-refractivity contribution in [2.45, 2.75) is 6.42 Å². The third-order valence-electron chi connectivity index (χ3n) is 4.45. The maximum atomic E-state index is 4.79. The van der Waals surface area contributed by atoms with Gasteiger partial charge >= 0.3 is 0 Å². The van der Waals surface area contributed by atoms with E-state index in [1.165, 1.54) is 0 Å². The fraction of sp³-hybridized carbons (Fsp3) is 0.333. The van der Waals surface area contributed by atoms with Crippen LogP contribution in [0.5, 0.6) is 0 Å². The largest absolute Gasteiger partial charge is 0.355 e. The molecule has 0 spiro atoms. The average molecular weight is 307 g/mol. The van der Waals surface area contributed by atoms with Crippen molar-refractivity contribution < 1.29 is 0 Å².